The van der Waals surface area contributed by atoms with Gasteiger partial charge in [-0.25, -0.2) is 0 Å². The third kappa shape index (κ3) is 3.53. The van der Waals surface area contributed by atoms with Crippen molar-refractivity contribution in [3.8, 4) is 0 Å². The maximum atomic E-state index is 4.57. The second-order valence-corrected chi connectivity index (χ2v) is 6.84. The van der Waals surface area contributed by atoms with Crippen LogP contribution in [-0.4, -0.2) is 17.7 Å². The summed E-state index contributed by atoms with van der Waals surface area (Å²) in [5.41, 5.74) is 5.69. The maximum absolute atomic E-state index is 4.57. The number of fused-ring (bicyclic) bond motifs is 1. The van der Waals surface area contributed by atoms with E-state index in [-0.39, 0.29) is 5.41 Å². The fourth-order valence-corrected chi connectivity index (χ4v) is 3.35. The van der Waals surface area contributed by atoms with Gasteiger partial charge in [-0.2, -0.15) is 0 Å². The first-order chi connectivity index (χ1) is 12.0. The Morgan fingerprint density at radius 2 is 1.84 bits per heavy atom. The molecule has 3 rings (SSSR count). The lowest BCUT2D eigenvalue weighted by molar-refractivity contribution is 0.713. The van der Waals surface area contributed by atoms with Crippen LogP contribution in [0.1, 0.15) is 30.5 Å². The van der Waals surface area contributed by atoms with E-state index in [1.165, 1.54) is 11.1 Å². The molecule has 1 heterocycles. The molecule has 0 fully saturated rings. The van der Waals surface area contributed by atoms with E-state index in [4.69, 9.17) is 0 Å². The molecule has 2 aromatic carbocycles. The minimum Gasteiger partial charge on any atom is -0.292 e. The molecule has 126 valence electrons. The Bertz CT molecular complexity index is 949. The molecule has 0 aliphatic carbocycles. The normalized spacial score (nSPS) is 12.9. The van der Waals surface area contributed by atoms with Crippen LogP contribution in [0.2, 0.25) is 0 Å². The average molecular weight is 328 g/mol. The smallest absolute Gasteiger partial charge is 0.0702 e. The molecule has 0 amide bonds. The van der Waals surface area contributed by atoms with Crippen LogP contribution in [-0.2, 0) is 5.41 Å². The van der Waals surface area contributed by atoms with Gasteiger partial charge < -0.3 is 0 Å². The fraction of sp³-hybridized carbons (Fsp3) is 0.217. The molecule has 2 heteroatoms. The number of aliphatic imine (C=N–C) groups is 1. The van der Waals surface area contributed by atoms with Crippen LogP contribution in [0.3, 0.4) is 0 Å². The Morgan fingerprint density at radius 3 is 2.60 bits per heavy atom. The molecular formula is C23H24N2. The van der Waals surface area contributed by atoms with Crippen molar-refractivity contribution in [1.82, 2.24) is 4.98 Å². The summed E-state index contributed by atoms with van der Waals surface area (Å²) in [5.74, 6) is 0. The van der Waals surface area contributed by atoms with Gasteiger partial charge in [-0.05, 0) is 47.9 Å². The van der Waals surface area contributed by atoms with Gasteiger partial charge in [0, 0.05) is 29.8 Å². The molecule has 0 aliphatic heterocycles. The predicted octanol–water partition coefficient (Wildman–Crippen LogP) is 5.61. The third-order valence-corrected chi connectivity index (χ3v) is 4.76. The van der Waals surface area contributed by atoms with E-state index < -0.39 is 0 Å². The Hall–Kier alpha value is -2.74. The molecule has 0 unspecified atom stereocenters. The van der Waals surface area contributed by atoms with Crippen LogP contribution >= 0.6 is 0 Å². The van der Waals surface area contributed by atoms with Gasteiger partial charge in [0.2, 0.25) is 0 Å². The molecule has 0 atom stereocenters. The highest BCUT2D eigenvalue weighted by atomic mass is 14.7. The molecule has 2 nitrogen and oxygen atoms in total. The van der Waals surface area contributed by atoms with Crippen LogP contribution in [0.15, 0.2) is 71.9 Å². The summed E-state index contributed by atoms with van der Waals surface area (Å²) < 4.78 is 0. The lowest BCUT2D eigenvalue weighted by Crippen LogP contribution is -2.28. The van der Waals surface area contributed by atoms with E-state index in [0.29, 0.717) is 0 Å². The topological polar surface area (TPSA) is 25.2 Å². The molecule has 0 spiro atoms. The summed E-state index contributed by atoms with van der Waals surface area (Å²) in [4.78, 5) is 8.95. The summed E-state index contributed by atoms with van der Waals surface area (Å²) >= 11 is 0. The summed E-state index contributed by atoms with van der Waals surface area (Å²) in [5, 5.41) is 1.15. The maximum Gasteiger partial charge on any atom is 0.0702 e. The second-order valence-electron chi connectivity index (χ2n) is 6.84. The highest BCUT2D eigenvalue weighted by Gasteiger charge is 2.26. The number of hydrogen-bond acceptors (Lipinski definition) is 2. The predicted molar refractivity (Wildman–Crippen MR) is 108 cm³/mol. The van der Waals surface area contributed by atoms with Gasteiger partial charge in [-0.1, -0.05) is 56.3 Å². The fourth-order valence-electron chi connectivity index (χ4n) is 3.35. The summed E-state index contributed by atoms with van der Waals surface area (Å²) in [6.45, 7) is 6.61. The summed E-state index contributed by atoms with van der Waals surface area (Å²) in [6.07, 6.45) is 6.09. The average Bonchev–Trinajstić information content (AvgIpc) is 2.62. The zero-order chi connectivity index (χ0) is 17.9. The highest BCUT2D eigenvalue weighted by molar-refractivity contribution is 6.05. The SMILES string of the molecule is CN=C(/C=C/c1ccc2ncccc2c1)C(C)(C)c1ccccc1C. The van der Waals surface area contributed by atoms with Crippen LogP contribution in [0.5, 0.6) is 0 Å². The molecule has 0 bridgehead atoms. The monoisotopic (exact) mass is 328 g/mol. The first-order valence-electron chi connectivity index (χ1n) is 8.58. The van der Waals surface area contributed by atoms with Crippen molar-refractivity contribution in [2.45, 2.75) is 26.2 Å². The van der Waals surface area contributed by atoms with E-state index in [2.05, 4.69) is 91.4 Å². The van der Waals surface area contributed by atoms with E-state index >= 15 is 0 Å². The molecule has 25 heavy (non-hydrogen) atoms. The largest absolute Gasteiger partial charge is 0.292 e. The van der Waals surface area contributed by atoms with Gasteiger partial charge in [-0.3, -0.25) is 9.98 Å². The number of hydrogen-bond donors (Lipinski definition) is 0. The standard InChI is InChI=1S/C23H24N2/c1-17-8-5-6-10-20(17)23(2,3)22(24-4)14-12-18-11-13-21-19(16-18)9-7-15-25-21/h5-16H,1-4H3/b14-12+,24-22?. The first kappa shape index (κ1) is 17.1. The molecule has 0 aliphatic rings. The molecule has 0 N–H and O–H groups in total. The van der Waals surface area contributed by atoms with Gasteiger partial charge in [0.25, 0.3) is 0 Å². The molecule has 0 saturated carbocycles. The van der Waals surface area contributed by atoms with E-state index in [1.54, 1.807) is 0 Å². The van der Waals surface area contributed by atoms with Crippen molar-refractivity contribution in [2.24, 2.45) is 4.99 Å². The lowest BCUT2D eigenvalue weighted by atomic mass is 9.77. The van der Waals surface area contributed by atoms with Gasteiger partial charge in [0.05, 0.1) is 5.52 Å². The molecule has 1 aromatic heterocycles. The Balaban J connectivity index is 1.93. The van der Waals surface area contributed by atoms with Crippen LogP contribution in [0, 0.1) is 6.92 Å². The minimum atomic E-state index is -0.144. The number of nitrogens with zero attached hydrogens (tertiary/aromatic N) is 2. The quantitative estimate of drug-likeness (QED) is 0.572. The van der Waals surface area contributed by atoms with Crippen LogP contribution < -0.4 is 0 Å². The van der Waals surface area contributed by atoms with E-state index in [9.17, 15) is 0 Å². The Kier molecular flexibility index (Phi) is 4.80. The van der Waals surface area contributed by atoms with E-state index in [1.807, 2.05) is 19.3 Å². The molecular weight excluding hydrogens is 304 g/mol. The Labute approximate surface area is 150 Å². The van der Waals surface area contributed by atoms with Crippen molar-refractivity contribution < 1.29 is 0 Å². The van der Waals surface area contributed by atoms with Crippen LogP contribution in [0.25, 0.3) is 17.0 Å². The van der Waals surface area contributed by atoms with E-state index in [0.717, 1.165) is 22.2 Å². The van der Waals surface area contributed by atoms with Gasteiger partial charge in [0.15, 0.2) is 0 Å². The third-order valence-electron chi connectivity index (χ3n) is 4.76. The zero-order valence-electron chi connectivity index (χ0n) is 15.3. The summed E-state index contributed by atoms with van der Waals surface area (Å²) in [6, 6.07) is 18.9. The van der Waals surface area contributed by atoms with Crippen molar-refractivity contribution in [3.05, 3.63) is 83.6 Å². The number of aromatic nitrogens is 1. The zero-order valence-corrected chi connectivity index (χ0v) is 15.3. The summed E-state index contributed by atoms with van der Waals surface area (Å²) in [7, 11) is 1.87. The highest BCUT2D eigenvalue weighted by Crippen LogP contribution is 2.29. The van der Waals surface area contributed by atoms with Crippen molar-refractivity contribution >= 4 is 22.7 Å². The number of allylic oxidation sites excluding steroid dienone is 1. The first-order valence-corrected chi connectivity index (χ1v) is 8.58. The minimum absolute atomic E-state index is 0.144. The molecule has 0 radical (unpaired) electrons. The van der Waals surface area contributed by atoms with Crippen molar-refractivity contribution in [1.29, 1.82) is 0 Å². The van der Waals surface area contributed by atoms with Crippen molar-refractivity contribution in [2.75, 3.05) is 7.05 Å². The van der Waals surface area contributed by atoms with Crippen LogP contribution in [0.4, 0.5) is 0 Å². The number of aryl methyl sites for hydroxylation is 1. The molecule has 3 aromatic rings. The van der Waals surface area contributed by atoms with Gasteiger partial charge in [-0.15, -0.1) is 0 Å². The molecule has 0 saturated heterocycles. The Morgan fingerprint density at radius 1 is 1.04 bits per heavy atom. The number of rotatable bonds is 4. The lowest BCUT2D eigenvalue weighted by Gasteiger charge is -2.27. The number of benzene rings is 2. The van der Waals surface area contributed by atoms with Gasteiger partial charge >= 0.3 is 0 Å². The van der Waals surface area contributed by atoms with Gasteiger partial charge in [0.1, 0.15) is 0 Å². The number of pyridine rings is 1. The second kappa shape index (κ2) is 7.02. The van der Waals surface area contributed by atoms with Crippen molar-refractivity contribution in [3.63, 3.8) is 0 Å².